The second-order valence-corrected chi connectivity index (χ2v) is 12.0. The number of hydrogen-bond donors (Lipinski definition) is 0. The lowest BCUT2D eigenvalue weighted by Gasteiger charge is -2.27. The second-order valence-electron chi connectivity index (χ2n) is 12.0. The summed E-state index contributed by atoms with van der Waals surface area (Å²) in [4.78, 5) is 11.6. The van der Waals surface area contributed by atoms with Crippen LogP contribution in [0.4, 0.5) is 17.1 Å². The maximum Gasteiger partial charge on any atom is 0.0702 e. The minimum atomic E-state index is 0.437. The van der Waals surface area contributed by atoms with Gasteiger partial charge in [-0.25, -0.2) is 0 Å². The lowest BCUT2D eigenvalue weighted by molar-refractivity contribution is 0.723. The van der Waals surface area contributed by atoms with Gasteiger partial charge in [-0.1, -0.05) is 73.7 Å². The number of rotatable bonds is 6. The molecule has 3 aromatic heterocycles. The van der Waals surface area contributed by atoms with Gasteiger partial charge in [0.25, 0.3) is 0 Å². The smallest absolute Gasteiger partial charge is 0.0702 e. The van der Waals surface area contributed by atoms with Crippen molar-refractivity contribution < 1.29 is 0 Å². The summed E-state index contributed by atoms with van der Waals surface area (Å²) < 4.78 is 2.49. The number of nitrogens with zero attached hydrogens (tertiary/aromatic N) is 4. The van der Waals surface area contributed by atoms with Gasteiger partial charge in [0.1, 0.15) is 0 Å². The van der Waals surface area contributed by atoms with E-state index in [0.717, 1.165) is 46.0 Å². The molecule has 0 spiro atoms. The third kappa shape index (κ3) is 4.89. The molecular formula is C42H34N4. The summed E-state index contributed by atoms with van der Waals surface area (Å²) in [5, 5.41) is 1.32. The van der Waals surface area contributed by atoms with E-state index in [2.05, 4.69) is 149 Å². The Morgan fingerprint density at radius 3 is 1.89 bits per heavy atom. The number of aromatic nitrogens is 3. The van der Waals surface area contributed by atoms with Crippen LogP contribution in [0.3, 0.4) is 0 Å². The van der Waals surface area contributed by atoms with E-state index >= 15 is 0 Å². The highest BCUT2D eigenvalue weighted by Gasteiger charge is 2.24. The summed E-state index contributed by atoms with van der Waals surface area (Å²) in [7, 11) is 0. The summed E-state index contributed by atoms with van der Waals surface area (Å²) in [6.07, 6.45) is 9.37. The molecule has 7 aromatic rings. The molecule has 0 amide bonds. The fraction of sp³-hybridized carbons (Fsp3) is 0.0952. The van der Waals surface area contributed by atoms with Crippen molar-refractivity contribution in [2.45, 2.75) is 26.2 Å². The van der Waals surface area contributed by atoms with E-state index < -0.39 is 0 Å². The predicted molar refractivity (Wildman–Crippen MR) is 191 cm³/mol. The van der Waals surface area contributed by atoms with Crippen LogP contribution in [0, 0.1) is 6.92 Å². The van der Waals surface area contributed by atoms with E-state index in [-0.39, 0.29) is 0 Å². The van der Waals surface area contributed by atoms with E-state index in [1.54, 1.807) is 0 Å². The fourth-order valence-corrected chi connectivity index (χ4v) is 6.86. The van der Waals surface area contributed by atoms with Crippen LogP contribution in [-0.2, 0) is 0 Å². The molecule has 0 fully saturated rings. The molecule has 4 heteroatoms. The number of allylic oxidation sites excluding steroid dienone is 1. The number of pyridine rings is 2. The molecule has 222 valence electrons. The average Bonchev–Trinajstić information content (AvgIpc) is 3.47. The standard InChI is InChI=1S/C42H34N4/c1-29-11-7-17-37-38-18-8-12-30(2)42(38)46(41(29)37)34-23-21-33(22-24-34)45(35-15-9-13-31(27-35)39-19-3-5-25-43-39)36-16-10-14-32(28-36)40-20-4-6-26-44-40/h3-11,13-28,30H,12H2,1-2H3. The molecule has 0 aliphatic heterocycles. The first-order valence-electron chi connectivity index (χ1n) is 15.9. The molecule has 1 aliphatic rings. The molecule has 4 aromatic carbocycles. The zero-order valence-corrected chi connectivity index (χ0v) is 26.0. The lowest BCUT2D eigenvalue weighted by atomic mass is 9.93. The maximum absolute atomic E-state index is 4.63. The number of hydrogen-bond acceptors (Lipinski definition) is 3. The van der Waals surface area contributed by atoms with Gasteiger partial charge in [0.05, 0.1) is 16.9 Å². The average molecular weight is 595 g/mol. The van der Waals surface area contributed by atoms with E-state index in [1.165, 1.54) is 33.4 Å². The van der Waals surface area contributed by atoms with Gasteiger partial charge in [0.2, 0.25) is 0 Å². The Bertz CT molecular complexity index is 2110. The highest BCUT2D eigenvalue weighted by Crippen LogP contribution is 2.42. The molecule has 8 rings (SSSR count). The first kappa shape index (κ1) is 27.8. The Hall–Kier alpha value is -5.74. The van der Waals surface area contributed by atoms with Gasteiger partial charge in [0.15, 0.2) is 0 Å². The van der Waals surface area contributed by atoms with Crippen LogP contribution in [0.1, 0.15) is 36.1 Å². The van der Waals surface area contributed by atoms with Gasteiger partial charge in [-0.05, 0) is 91.7 Å². The van der Waals surface area contributed by atoms with Crippen LogP contribution < -0.4 is 4.90 Å². The minimum Gasteiger partial charge on any atom is -0.312 e. The van der Waals surface area contributed by atoms with Gasteiger partial charge in [-0.15, -0.1) is 0 Å². The first-order valence-corrected chi connectivity index (χ1v) is 15.9. The van der Waals surface area contributed by atoms with E-state index in [0.29, 0.717) is 5.92 Å². The summed E-state index contributed by atoms with van der Waals surface area (Å²) in [6.45, 7) is 4.56. The quantitative estimate of drug-likeness (QED) is 0.192. The third-order valence-corrected chi connectivity index (χ3v) is 9.01. The number of fused-ring (bicyclic) bond motifs is 3. The van der Waals surface area contributed by atoms with Crippen molar-refractivity contribution in [2.75, 3.05) is 4.90 Å². The van der Waals surface area contributed by atoms with Crippen molar-refractivity contribution in [3.05, 3.63) is 163 Å². The molecular weight excluding hydrogens is 560 g/mol. The molecule has 1 unspecified atom stereocenters. The minimum absolute atomic E-state index is 0.437. The maximum atomic E-state index is 4.63. The lowest BCUT2D eigenvalue weighted by Crippen LogP contribution is -2.11. The number of benzene rings is 4. The van der Waals surface area contributed by atoms with Crippen molar-refractivity contribution in [1.29, 1.82) is 0 Å². The normalized spacial score (nSPS) is 13.9. The zero-order chi connectivity index (χ0) is 31.0. The van der Waals surface area contributed by atoms with Gasteiger partial charge in [-0.2, -0.15) is 0 Å². The van der Waals surface area contributed by atoms with Crippen molar-refractivity contribution >= 4 is 34.0 Å². The molecule has 4 nitrogen and oxygen atoms in total. The Labute approximate surface area is 270 Å². The SMILES string of the molecule is Cc1cccc2c3c(n(-c4ccc(N(c5cccc(-c6ccccn6)c5)c5cccc(-c6ccccn6)c5)cc4)c12)C(C)CC=C3. The molecule has 0 bridgehead atoms. The Morgan fingerprint density at radius 1 is 0.652 bits per heavy atom. The highest BCUT2D eigenvalue weighted by molar-refractivity contribution is 5.95. The van der Waals surface area contributed by atoms with Gasteiger partial charge < -0.3 is 9.47 Å². The zero-order valence-electron chi connectivity index (χ0n) is 26.0. The Balaban J connectivity index is 1.28. The molecule has 3 heterocycles. The monoisotopic (exact) mass is 594 g/mol. The number of aryl methyl sites for hydroxylation is 1. The molecule has 1 aliphatic carbocycles. The summed E-state index contributed by atoms with van der Waals surface area (Å²) in [5.41, 5.74) is 13.7. The first-order chi connectivity index (χ1) is 22.7. The highest BCUT2D eigenvalue weighted by atomic mass is 15.1. The Kier molecular flexibility index (Phi) is 7.03. The van der Waals surface area contributed by atoms with Crippen molar-refractivity contribution in [2.24, 2.45) is 0 Å². The molecule has 0 radical (unpaired) electrons. The van der Waals surface area contributed by atoms with Crippen LogP contribution in [-0.4, -0.2) is 14.5 Å². The molecule has 1 atom stereocenters. The van der Waals surface area contributed by atoms with Crippen LogP contribution in [0.5, 0.6) is 0 Å². The van der Waals surface area contributed by atoms with E-state index in [1.807, 2.05) is 36.7 Å². The molecule has 0 N–H and O–H groups in total. The van der Waals surface area contributed by atoms with Crippen molar-refractivity contribution in [3.8, 4) is 28.2 Å². The van der Waals surface area contributed by atoms with Crippen LogP contribution >= 0.6 is 0 Å². The van der Waals surface area contributed by atoms with Crippen molar-refractivity contribution in [1.82, 2.24) is 14.5 Å². The summed E-state index contributed by atoms with van der Waals surface area (Å²) in [5.74, 6) is 0.437. The topological polar surface area (TPSA) is 34.0 Å². The second kappa shape index (κ2) is 11.6. The van der Waals surface area contributed by atoms with Gasteiger partial charge in [0, 0.05) is 68.8 Å². The van der Waals surface area contributed by atoms with E-state index in [4.69, 9.17) is 0 Å². The summed E-state index contributed by atoms with van der Waals surface area (Å²) in [6, 6.07) is 45.0. The Morgan fingerprint density at radius 2 is 1.28 bits per heavy atom. The van der Waals surface area contributed by atoms with Crippen LogP contribution in [0.15, 0.2) is 146 Å². The van der Waals surface area contributed by atoms with E-state index in [9.17, 15) is 0 Å². The number of anilines is 3. The predicted octanol–water partition coefficient (Wildman–Crippen LogP) is 11.1. The van der Waals surface area contributed by atoms with Gasteiger partial charge in [-0.3, -0.25) is 9.97 Å². The van der Waals surface area contributed by atoms with Crippen LogP contribution in [0.2, 0.25) is 0 Å². The third-order valence-electron chi connectivity index (χ3n) is 9.01. The van der Waals surface area contributed by atoms with Gasteiger partial charge >= 0.3 is 0 Å². The van der Waals surface area contributed by atoms with Crippen molar-refractivity contribution in [3.63, 3.8) is 0 Å². The molecule has 0 saturated carbocycles. The number of para-hydroxylation sites is 1. The molecule has 46 heavy (non-hydrogen) atoms. The largest absolute Gasteiger partial charge is 0.312 e. The molecule has 0 saturated heterocycles. The van der Waals surface area contributed by atoms with Crippen LogP contribution in [0.25, 0.3) is 45.2 Å². The summed E-state index contributed by atoms with van der Waals surface area (Å²) >= 11 is 0. The fourth-order valence-electron chi connectivity index (χ4n) is 6.86.